The van der Waals surface area contributed by atoms with Gasteiger partial charge in [0.05, 0.1) is 11.5 Å². The van der Waals surface area contributed by atoms with Gasteiger partial charge in [0, 0.05) is 24.8 Å². The summed E-state index contributed by atoms with van der Waals surface area (Å²) in [4.78, 5) is 14.5. The molecule has 9 heteroatoms. The monoisotopic (exact) mass is 468 g/mol. The zero-order chi connectivity index (χ0) is 23.4. The van der Waals surface area contributed by atoms with Crippen molar-refractivity contribution < 1.29 is 27.4 Å². The van der Waals surface area contributed by atoms with Crippen molar-refractivity contribution in [3.05, 3.63) is 77.9 Å². The molecule has 3 aromatic carbocycles. The Bertz CT molecular complexity index is 1260. The number of sulfonamides is 1. The normalized spacial score (nSPS) is 12.3. The van der Waals surface area contributed by atoms with Crippen molar-refractivity contribution in [1.29, 1.82) is 0 Å². The zero-order valence-electron chi connectivity index (χ0n) is 18.3. The van der Waals surface area contributed by atoms with Crippen LogP contribution in [0.2, 0.25) is 0 Å². The fraction of sp³-hybridized carbons (Fsp3) is 0.208. The van der Waals surface area contributed by atoms with Gasteiger partial charge in [-0.25, -0.2) is 8.42 Å². The van der Waals surface area contributed by atoms with Crippen LogP contribution in [0.15, 0.2) is 71.6 Å². The molecule has 0 radical (unpaired) electrons. The average molecular weight is 469 g/mol. The van der Waals surface area contributed by atoms with E-state index in [4.69, 9.17) is 14.2 Å². The molecule has 0 saturated heterocycles. The van der Waals surface area contributed by atoms with Crippen molar-refractivity contribution >= 4 is 21.6 Å². The summed E-state index contributed by atoms with van der Waals surface area (Å²) in [5, 5.41) is 0. The fourth-order valence-electron chi connectivity index (χ4n) is 3.40. The van der Waals surface area contributed by atoms with Crippen LogP contribution in [-0.4, -0.2) is 39.7 Å². The Hall–Kier alpha value is -3.72. The maximum absolute atomic E-state index is 13.0. The highest BCUT2D eigenvalue weighted by atomic mass is 32.2. The van der Waals surface area contributed by atoms with Gasteiger partial charge in [0.25, 0.3) is 15.9 Å². The maximum atomic E-state index is 13.0. The Kier molecular flexibility index (Phi) is 6.41. The van der Waals surface area contributed by atoms with Crippen LogP contribution in [0.1, 0.15) is 22.8 Å². The van der Waals surface area contributed by atoms with Crippen molar-refractivity contribution in [1.82, 2.24) is 4.90 Å². The van der Waals surface area contributed by atoms with E-state index in [1.807, 2.05) is 19.1 Å². The molecule has 3 aromatic rings. The van der Waals surface area contributed by atoms with Crippen molar-refractivity contribution in [2.24, 2.45) is 0 Å². The summed E-state index contributed by atoms with van der Waals surface area (Å²) in [6, 6.07) is 18.1. The Morgan fingerprint density at radius 1 is 1.03 bits per heavy atom. The second-order valence-corrected chi connectivity index (χ2v) is 9.12. The lowest BCUT2D eigenvalue weighted by molar-refractivity contribution is 0.0784. The van der Waals surface area contributed by atoms with Gasteiger partial charge in [0.1, 0.15) is 5.75 Å². The number of ether oxygens (including phenoxy) is 3. The van der Waals surface area contributed by atoms with E-state index >= 15 is 0 Å². The van der Waals surface area contributed by atoms with Gasteiger partial charge in [-0.2, -0.15) is 0 Å². The average Bonchev–Trinajstić information content (AvgIpc) is 3.28. The second kappa shape index (κ2) is 9.41. The molecule has 0 unspecified atom stereocenters. The van der Waals surface area contributed by atoms with E-state index in [1.54, 1.807) is 49.5 Å². The number of benzene rings is 3. The highest BCUT2D eigenvalue weighted by molar-refractivity contribution is 7.92. The summed E-state index contributed by atoms with van der Waals surface area (Å²) in [5.74, 6) is 1.66. The number of anilines is 1. The molecule has 33 heavy (non-hydrogen) atoms. The van der Waals surface area contributed by atoms with Gasteiger partial charge in [-0.05, 0) is 67.1 Å². The lowest BCUT2D eigenvalue weighted by atomic mass is 10.1. The lowest BCUT2D eigenvalue weighted by Gasteiger charge is -2.18. The summed E-state index contributed by atoms with van der Waals surface area (Å²) in [5.41, 5.74) is 1.54. The van der Waals surface area contributed by atoms with Crippen LogP contribution < -0.4 is 18.9 Å². The second-order valence-electron chi connectivity index (χ2n) is 7.44. The van der Waals surface area contributed by atoms with Crippen LogP contribution in [0.5, 0.6) is 17.2 Å². The number of carbonyl (C=O) groups excluding carboxylic acids is 1. The molecular formula is C24H24N2O6S. The number of nitrogens with zero attached hydrogens (tertiary/aromatic N) is 1. The number of carbonyl (C=O) groups is 1. The van der Waals surface area contributed by atoms with Gasteiger partial charge in [0.2, 0.25) is 6.79 Å². The minimum atomic E-state index is -3.88. The van der Waals surface area contributed by atoms with Crippen molar-refractivity contribution in [3.8, 4) is 17.2 Å². The molecule has 8 nitrogen and oxygen atoms in total. The van der Waals surface area contributed by atoms with Crippen LogP contribution in [-0.2, 0) is 16.6 Å². The number of fused-ring (bicyclic) bond motifs is 1. The number of amides is 1. The predicted octanol–water partition coefficient (Wildman–Crippen LogP) is 3.89. The first-order chi connectivity index (χ1) is 15.9. The molecule has 0 aromatic heterocycles. The number of hydrogen-bond donors (Lipinski definition) is 1. The van der Waals surface area contributed by atoms with Crippen LogP contribution in [0.3, 0.4) is 0 Å². The van der Waals surface area contributed by atoms with Crippen LogP contribution >= 0.6 is 0 Å². The Labute approximate surface area is 192 Å². The minimum Gasteiger partial charge on any atom is -0.494 e. The van der Waals surface area contributed by atoms with E-state index in [9.17, 15) is 13.2 Å². The molecule has 4 rings (SSSR count). The molecule has 0 fully saturated rings. The number of nitrogens with one attached hydrogen (secondary N) is 1. The van der Waals surface area contributed by atoms with E-state index < -0.39 is 10.0 Å². The highest BCUT2D eigenvalue weighted by Crippen LogP contribution is 2.32. The molecular weight excluding hydrogens is 444 g/mol. The zero-order valence-corrected chi connectivity index (χ0v) is 19.1. The van der Waals surface area contributed by atoms with Crippen molar-refractivity contribution in [2.45, 2.75) is 18.4 Å². The predicted molar refractivity (Wildman–Crippen MR) is 123 cm³/mol. The third-order valence-electron chi connectivity index (χ3n) is 5.01. The maximum Gasteiger partial charge on any atom is 0.261 e. The van der Waals surface area contributed by atoms with E-state index in [0.717, 1.165) is 5.56 Å². The summed E-state index contributed by atoms with van der Waals surface area (Å²) in [6.45, 7) is 2.91. The van der Waals surface area contributed by atoms with E-state index in [0.29, 0.717) is 36.1 Å². The van der Waals surface area contributed by atoms with Crippen molar-refractivity contribution in [3.63, 3.8) is 0 Å². The third kappa shape index (κ3) is 5.20. The molecule has 1 N–H and O–H groups in total. The van der Waals surface area contributed by atoms with Crippen LogP contribution in [0, 0.1) is 0 Å². The van der Waals surface area contributed by atoms with Gasteiger partial charge in [-0.3, -0.25) is 9.52 Å². The molecule has 1 aliphatic rings. The number of hydrogen-bond acceptors (Lipinski definition) is 6. The minimum absolute atomic E-state index is 0.00119. The SMILES string of the molecule is CCOc1ccc(NS(=O)(=O)c2cccc(C(=O)N(C)Cc3ccc4c(c3)OCO4)c2)cc1. The Balaban J connectivity index is 1.47. The van der Waals surface area contributed by atoms with Gasteiger partial charge in [0.15, 0.2) is 11.5 Å². The standard InChI is InChI=1S/C24H24N2O6S/c1-3-30-20-10-8-19(9-11-20)25-33(28,29)21-6-4-5-18(14-21)24(27)26(2)15-17-7-12-22-23(13-17)32-16-31-22/h4-14,25H,3,15-16H2,1-2H3. The van der Waals surface area contributed by atoms with Gasteiger partial charge < -0.3 is 19.1 Å². The summed E-state index contributed by atoms with van der Waals surface area (Å²) >= 11 is 0. The molecule has 0 spiro atoms. The lowest BCUT2D eigenvalue weighted by Crippen LogP contribution is -2.26. The van der Waals surface area contributed by atoms with Crippen LogP contribution in [0.25, 0.3) is 0 Å². The van der Waals surface area contributed by atoms with Gasteiger partial charge >= 0.3 is 0 Å². The van der Waals surface area contributed by atoms with E-state index in [2.05, 4.69) is 4.72 Å². The molecule has 1 aliphatic heterocycles. The van der Waals surface area contributed by atoms with Crippen molar-refractivity contribution in [2.75, 3.05) is 25.2 Å². The molecule has 172 valence electrons. The first-order valence-electron chi connectivity index (χ1n) is 10.4. The van der Waals surface area contributed by atoms with Gasteiger partial charge in [-0.1, -0.05) is 12.1 Å². The van der Waals surface area contributed by atoms with Crippen LogP contribution in [0.4, 0.5) is 5.69 Å². The smallest absolute Gasteiger partial charge is 0.261 e. The third-order valence-corrected chi connectivity index (χ3v) is 6.39. The molecule has 1 heterocycles. The quantitative estimate of drug-likeness (QED) is 0.539. The first kappa shape index (κ1) is 22.5. The summed E-state index contributed by atoms with van der Waals surface area (Å²) in [7, 11) is -2.22. The Morgan fingerprint density at radius 2 is 1.79 bits per heavy atom. The molecule has 0 saturated carbocycles. The number of rotatable bonds is 8. The fourth-order valence-corrected chi connectivity index (χ4v) is 4.51. The topological polar surface area (TPSA) is 94.2 Å². The summed E-state index contributed by atoms with van der Waals surface area (Å²) < 4.78 is 44.3. The molecule has 0 aliphatic carbocycles. The van der Waals surface area contributed by atoms with Gasteiger partial charge in [-0.15, -0.1) is 0 Å². The first-order valence-corrected chi connectivity index (χ1v) is 11.8. The largest absolute Gasteiger partial charge is 0.494 e. The molecule has 0 bridgehead atoms. The van der Waals surface area contributed by atoms with E-state index in [-0.39, 0.29) is 23.2 Å². The van der Waals surface area contributed by atoms with E-state index in [1.165, 1.54) is 17.0 Å². The molecule has 1 amide bonds. The highest BCUT2D eigenvalue weighted by Gasteiger charge is 2.20. The molecule has 0 atom stereocenters. The Morgan fingerprint density at radius 3 is 2.55 bits per heavy atom. The summed E-state index contributed by atoms with van der Waals surface area (Å²) in [6.07, 6.45) is 0.